The molecule has 0 unspecified atom stereocenters. The number of anilines is 3. The van der Waals surface area contributed by atoms with Gasteiger partial charge in [0.05, 0.1) is 11.3 Å². The van der Waals surface area contributed by atoms with E-state index in [9.17, 15) is 17.6 Å². The molecule has 0 saturated carbocycles. The summed E-state index contributed by atoms with van der Waals surface area (Å²) in [5, 5.41) is 10.5. The van der Waals surface area contributed by atoms with Gasteiger partial charge in [0.15, 0.2) is 0 Å². The Morgan fingerprint density at radius 2 is 1.78 bits per heavy atom. The van der Waals surface area contributed by atoms with Crippen molar-refractivity contribution in [2.45, 2.75) is 13.5 Å². The highest BCUT2D eigenvalue weighted by molar-refractivity contribution is 14.1. The number of amides is 1. The van der Waals surface area contributed by atoms with E-state index in [2.05, 4.69) is 47.8 Å². The molecule has 3 aromatic carbocycles. The van der Waals surface area contributed by atoms with Crippen molar-refractivity contribution in [2.75, 3.05) is 10.0 Å². The maximum atomic E-state index is 13.8. The number of nitrogens with one attached hydrogen (secondary N) is 2. The van der Waals surface area contributed by atoms with Crippen molar-refractivity contribution in [1.82, 2.24) is 4.91 Å². The second-order valence-corrected chi connectivity index (χ2v) is 8.62. The Labute approximate surface area is 198 Å². The minimum atomic E-state index is -2.73. The molecule has 32 heavy (non-hydrogen) atoms. The second kappa shape index (κ2) is 10.9. The highest BCUT2D eigenvalue weighted by Crippen LogP contribution is 2.26. The lowest BCUT2D eigenvalue weighted by molar-refractivity contribution is 0.0992. The van der Waals surface area contributed by atoms with E-state index >= 15 is 0 Å². The topological polar surface area (TPSA) is 114 Å². The summed E-state index contributed by atoms with van der Waals surface area (Å²) in [5.74, 6) is -1.31. The number of carbonyl (C=O) groups excluding carboxylic acids is 1. The number of aryl methyl sites for hydroxylation is 1. The fraction of sp³-hybridized carbons (Fsp3) is 0.0952. The van der Waals surface area contributed by atoms with Gasteiger partial charge < -0.3 is 5.32 Å². The van der Waals surface area contributed by atoms with Crippen LogP contribution in [0.1, 0.15) is 21.5 Å². The van der Waals surface area contributed by atoms with Crippen molar-refractivity contribution in [3.05, 3.63) is 86.7 Å². The van der Waals surface area contributed by atoms with E-state index in [1.807, 2.05) is 25.1 Å². The molecule has 3 aromatic rings. The first-order valence-electron chi connectivity index (χ1n) is 9.26. The molecule has 0 saturated heterocycles. The SMILES string of the molecule is Cc1cc(I)ccc1Nc1ccc(F)cc1C(=O)N=[N+]=NCc1ccc(N[SH](=O)=O)cc1. The van der Waals surface area contributed by atoms with Gasteiger partial charge >= 0.3 is 5.91 Å². The van der Waals surface area contributed by atoms with Crippen LogP contribution in [-0.2, 0) is 17.4 Å². The van der Waals surface area contributed by atoms with E-state index in [1.54, 1.807) is 24.3 Å². The summed E-state index contributed by atoms with van der Waals surface area (Å²) in [6.07, 6.45) is 0. The summed E-state index contributed by atoms with van der Waals surface area (Å²) in [4.78, 5) is 16.1. The van der Waals surface area contributed by atoms with Crippen molar-refractivity contribution >= 4 is 56.5 Å². The van der Waals surface area contributed by atoms with Crippen LogP contribution in [-0.4, -0.2) is 14.3 Å². The lowest BCUT2D eigenvalue weighted by Gasteiger charge is -2.12. The number of halogens is 2. The third-order valence-electron chi connectivity index (χ3n) is 4.30. The molecule has 164 valence electrons. The van der Waals surface area contributed by atoms with Crippen LogP contribution in [0.15, 0.2) is 70.9 Å². The summed E-state index contributed by atoms with van der Waals surface area (Å²) >= 11 is 2.21. The highest BCUT2D eigenvalue weighted by Gasteiger charge is 2.17. The smallest absolute Gasteiger partial charge is 0.355 e. The summed E-state index contributed by atoms with van der Waals surface area (Å²) in [6.45, 7) is 2.06. The predicted molar refractivity (Wildman–Crippen MR) is 129 cm³/mol. The fourth-order valence-corrected chi connectivity index (χ4v) is 3.75. The minimum absolute atomic E-state index is 0.0315. The number of thiol groups is 1. The van der Waals surface area contributed by atoms with Gasteiger partial charge in [0.2, 0.25) is 20.9 Å². The lowest BCUT2D eigenvalue weighted by Crippen LogP contribution is -2.03. The molecule has 2 N–H and O–H groups in total. The summed E-state index contributed by atoms with van der Waals surface area (Å²) in [6, 6.07) is 16.1. The van der Waals surface area contributed by atoms with Gasteiger partial charge in [0.25, 0.3) is 0 Å². The third-order valence-corrected chi connectivity index (χ3v) is 5.41. The quantitative estimate of drug-likeness (QED) is 0.166. The Morgan fingerprint density at radius 3 is 2.47 bits per heavy atom. The van der Waals surface area contributed by atoms with Gasteiger partial charge in [-0.05, 0) is 89.2 Å². The summed E-state index contributed by atoms with van der Waals surface area (Å²) in [7, 11) is -2.73. The zero-order valence-corrected chi connectivity index (χ0v) is 19.8. The van der Waals surface area contributed by atoms with Crippen LogP contribution in [0.2, 0.25) is 0 Å². The van der Waals surface area contributed by atoms with Crippen LogP contribution >= 0.6 is 22.6 Å². The first kappa shape index (κ1) is 23.5. The van der Waals surface area contributed by atoms with Crippen LogP contribution in [0.5, 0.6) is 0 Å². The van der Waals surface area contributed by atoms with Gasteiger partial charge in [0.1, 0.15) is 17.5 Å². The fourth-order valence-electron chi connectivity index (χ4n) is 2.74. The average Bonchev–Trinajstić information content (AvgIpc) is 2.75. The maximum absolute atomic E-state index is 13.8. The van der Waals surface area contributed by atoms with Crippen LogP contribution in [0.4, 0.5) is 21.5 Å². The Bertz CT molecular complexity index is 1280. The molecule has 11 heteroatoms. The average molecular weight is 566 g/mol. The maximum Gasteiger partial charge on any atom is 0.362 e. The zero-order chi connectivity index (χ0) is 23.1. The number of nitrogens with zero attached hydrogens (tertiary/aromatic N) is 3. The van der Waals surface area contributed by atoms with Gasteiger partial charge in [-0.15, -0.1) is 0 Å². The van der Waals surface area contributed by atoms with Crippen molar-refractivity contribution in [2.24, 2.45) is 10.2 Å². The standard InChI is InChI=1S/C21H17FIN5O3S/c1-13-10-16(23)5-9-19(13)25-20-8-4-15(22)11-18(20)21(29)26-28-24-12-14-2-6-17(7-3-14)27-32(30)31/h2-11,32H,12H2,1H3,(H-,25,27,29,30,31)/p+1. The van der Waals surface area contributed by atoms with Crippen molar-refractivity contribution in [1.29, 1.82) is 0 Å². The van der Waals surface area contributed by atoms with Crippen molar-refractivity contribution in [3.63, 3.8) is 0 Å². The lowest BCUT2D eigenvalue weighted by atomic mass is 10.1. The highest BCUT2D eigenvalue weighted by atomic mass is 127. The van der Waals surface area contributed by atoms with Crippen LogP contribution in [0.3, 0.4) is 0 Å². The molecule has 3 rings (SSSR count). The van der Waals surface area contributed by atoms with Gasteiger partial charge in [0, 0.05) is 14.9 Å². The molecule has 0 atom stereocenters. The molecule has 8 nitrogen and oxygen atoms in total. The molecule has 0 aliphatic carbocycles. The number of carbonyl (C=O) groups is 1. The summed E-state index contributed by atoms with van der Waals surface area (Å²) in [5.41, 5.74) is 3.36. The van der Waals surface area contributed by atoms with Crippen molar-refractivity contribution < 1.29 is 17.6 Å². The molecular formula is C21H18FIN5O3S+. The Kier molecular flexibility index (Phi) is 8.03. The minimum Gasteiger partial charge on any atom is -0.355 e. The largest absolute Gasteiger partial charge is 0.362 e. The van der Waals surface area contributed by atoms with Crippen LogP contribution < -0.4 is 15.0 Å². The molecule has 0 radical (unpaired) electrons. The monoisotopic (exact) mass is 566 g/mol. The van der Waals surface area contributed by atoms with E-state index in [0.717, 1.165) is 26.5 Å². The zero-order valence-electron chi connectivity index (χ0n) is 16.8. The molecular weight excluding hydrogens is 548 g/mol. The van der Waals surface area contributed by atoms with E-state index < -0.39 is 22.6 Å². The molecule has 1 amide bonds. The number of rotatable bonds is 7. The third kappa shape index (κ3) is 6.67. The molecule has 0 aliphatic heterocycles. The normalized spacial score (nSPS) is 10.4. The molecule has 0 bridgehead atoms. The van der Waals surface area contributed by atoms with E-state index in [1.165, 1.54) is 12.1 Å². The Hall–Kier alpha value is -3.15. The van der Waals surface area contributed by atoms with E-state index in [4.69, 9.17) is 0 Å². The molecule has 0 aromatic heterocycles. The number of hydrogen-bond acceptors (Lipinski definition) is 5. The Balaban J connectivity index is 1.74. The second-order valence-electron chi connectivity index (χ2n) is 6.63. The number of benzene rings is 3. The summed E-state index contributed by atoms with van der Waals surface area (Å²) < 4.78 is 38.4. The molecule has 0 aliphatic rings. The number of hydrogen-bond donors (Lipinski definition) is 3. The van der Waals surface area contributed by atoms with Gasteiger partial charge in [-0.25, -0.2) is 12.8 Å². The first-order valence-corrected chi connectivity index (χ1v) is 11.5. The van der Waals surface area contributed by atoms with E-state index in [-0.39, 0.29) is 12.1 Å². The van der Waals surface area contributed by atoms with Crippen molar-refractivity contribution in [3.8, 4) is 0 Å². The first-order chi connectivity index (χ1) is 15.3. The molecule has 0 fully saturated rings. The Morgan fingerprint density at radius 1 is 1.06 bits per heavy atom. The van der Waals surface area contributed by atoms with Crippen LogP contribution in [0.25, 0.3) is 0 Å². The van der Waals surface area contributed by atoms with E-state index in [0.29, 0.717) is 11.4 Å². The van der Waals surface area contributed by atoms with Crippen LogP contribution in [0, 0.1) is 16.3 Å². The van der Waals surface area contributed by atoms with Gasteiger partial charge in [-0.3, -0.25) is 9.52 Å². The molecule has 0 spiro atoms. The predicted octanol–water partition coefficient (Wildman–Crippen LogP) is 4.73. The van der Waals surface area contributed by atoms with Gasteiger partial charge in [-0.2, -0.15) is 0 Å². The molecule has 0 heterocycles. The van der Waals surface area contributed by atoms with Gasteiger partial charge in [-0.1, -0.05) is 12.1 Å².